The first-order valence-corrected chi connectivity index (χ1v) is 11.2. The number of rotatable bonds is 4. The topological polar surface area (TPSA) is 75.5 Å². The summed E-state index contributed by atoms with van der Waals surface area (Å²) in [5.41, 5.74) is 1.25. The summed E-state index contributed by atoms with van der Waals surface area (Å²) in [6, 6.07) is 13.2. The van der Waals surface area contributed by atoms with Gasteiger partial charge in [-0.15, -0.1) is 11.3 Å². The first kappa shape index (κ1) is 18.9. The Bertz CT molecular complexity index is 1070. The Morgan fingerprint density at radius 2 is 1.75 bits per heavy atom. The zero-order valence-corrected chi connectivity index (χ0v) is 17.0. The van der Waals surface area contributed by atoms with Crippen molar-refractivity contribution < 1.29 is 13.2 Å². The van der Waals surface area contributed by atoms with Crippen molar-refractivity contribution in [3.8, 4) is 16.3 Å². The van der Waals surface area contributed by atoms with Gasteiger partial charge in [-0.25, -0.2) is 13.1 Å². The molecule has 28 heavy (non-hydrogen) atoms. The molecule has 0 spiro atoms. The molecule has 1 saturated heterocycles. The van der Waals surface area contributed by atoms with Gasteiger partial charge in [-0.05, 0) is 23.6 Å². The van der Waals surface area contributed by atoms with Crippen LogP contribution in [0.1, 0.15) is 6.92 Å². The quantitative estimate of drug-likeness (QED) is 0.655. The van der Waals surface area contributed by atoms with E-state index >= 15 is 0 Å². The van der Waals surface area contributed by atoms with E-state index in [1.807, 2.05) is 47.8 Å². The maximum absolute atomic E-state index is 13.4. The van der Waals surface area contributed by atoms with E-state index < -0.39 is 10.0 Å². The zero-order valence-electron chi connectivity index (χ0n) is 15.4. The number of thiophene rings is 1. The highest BCUT2D eigenvalue weighted by atomic mass is 32.2. The van der Waals surface area contributed by atoms with Gasteiger partial charge in [0.15, 0.2) is 0 Å². The molecule has 1 fully saturated rings. The standard InChI is InChI=1S/C19H20N4O3S2/c1-15(24)21-9-11-22(12-10-21)28(25,26)18-14-23(16-6-3-2-4-7-16)20-19(18)17-8-5-13-27-17/h2-8,13-14H,9-12H2,1H3. The molecule has 9 heteroatoms. The Morgan fingerprint density at radius 1 is 1.04 bits per heavy atom. The number of piperazine rings is 1. The second kappa shape index (κ2) is 7.50. The summed E-state index contributed by atoms with van der Waals surface area (Å²) in [5.74, 6) is -0.0341. The average molecular weight is 417 g/mol. The summed E-state index contributed by atoms with van der Waals surface area (Å²) in [6.07, 6.45) is 1.58. The van der Waals surface area contributed by atoms with Crippen LogP contribution in [0.3, 0.4) is 0 Å². The van der Waals surface area contributed by atoms with Gasteiger partial charge in [-0.2, -0.15) is 9.40 Å². The van der Waals surface area contributed by atoms with Crippen molar-refractivity contribution in [2.24, 2.45) is 0 Å². The lowest BCUT2D eigenvalue weighted by atomic mass is 10.3. The number of benzene rings is 1. The molecule has 1 aliphatic heterocycles. The highest BCUT2D eigenvalue weighted by Gasteiger charge is 2.33. The SMILES string of the molecule is CC(=O)N1CCN(S(=O)(=O)c2cn(-c3ccccc3)nc2-c2cccs2)CC1. The Labute approximate surface area is 167 Å². The van der Waals surface area contributed by atoms with Crippen molar-refractivity contribution >= 4 is 27.3 Å². The van der Waals surface area contributed by atoms with E-state index in [9.17, 15) is 13.2 Å². The molecule has 0 N–H and O–H groups in total. The van der Waals surface area contributed by atoms with Crippen LogP contribution in [0.4, 0.5) is 0 Å². The lowest BCUT2D eigenvalue weighted by Gasteiger charge is -2.33. The molecule has 1 aromatic carbocycles. The molecule has 3 aromatic rings. The van der Waals surface area contributed by atoms with Gasteiger partial charge in [0.1, 0.15) is 10.6 Å². The molecule has 1 aliphatic rings. The average Bonchev–Trinajstić information content (AvgIpc) is 3.38. The summed E-state index contributed by atoms with van der Waals surface area (Å²) in [5, 5.41) is 6.49. The molecule has 0 saturated carbocycles. The van der Waals surface area contributed by atoms with Crippen molar-refractivity contribution in [3.05, 3.63) is 54.0 Å². The van der Waals surface area contributed by atoms with Gasteiger partial charge in [0, 0.05) is 33.1 Å². The van der Waals surface area contributed by atoms with Gasteiger partial charge in [-0.3, -0.25) is 4.79 Å². The molecule has 0 bridgehead atoms. The van der Waals surface area contributed by atoms with Crippen LogP contribution < -0.4 is 0 Å². The molecule has 0 aliphatic carbocycles. The minimum Gasteiger partial charge on any atom is -0.340 e. The maximum Gasteiger partial charge on any atom is 0.247 e. The lowest BCUT2D eigenvalue weighted by Crippen LogP contribution is -2.49. The highest BCUT2D eigenvalue weighted by Crippen LogP contribution is 2.32. The molecule has 7 nitrogen and oxygen atoms in total. The van der Waals surface area contributed by atoms with Gasteiger partial charge in [0.25, 0.3) is 0 Å². The third kappa shape index (κ3) is 3.48. The van der Waals surface area contributed by atoms with Crippen LogP contribution in [-0.4, -0.2) is 59.5 Å². The number of para-hydroxylation sites is 1. The summed E-state index contributed by atoms with van der Waals surface area (Å²) >= 11 is 1.45. The minimum atomic E-state index is -3.74. The van der Waals surface area contributed by atoms with Gasteiger partial charge >= 0.3 is 0 Å². The van der Waals surface area contributed by atoms with E-state index in [0.29, 0.717) is 18.8 Å². The van der Waals surface area contributed by atoms with Crippen LogP contribution in [0.15, 0.2) is 58.9 Å². The van der Waals surface area contributed by atoms with Gasteiger partial charge in [0.05, 0.1) is 16.8 Å². The number of carbonyl (C=O) groups excluding carboxylic acids is 1. The maximum atomic E-state index is 13.4. The monoisotopic (exact) mass is 416 g/mol. The normalized spacial score (nSPS) is 15.7. The van der Waals surface area contributed by atoms with E-state index in [0.717, 1.165) is 10.6 Å². The molecule has 3 heterocycles. The van der Waals surface area contributed by atoms with Crippen LogP contribution in [-0.2, 0) is 14.8 Å². The van der Waals surface area contributed by atoms with Crippen LogP contribution >= 0.6 is 11.3 Å². The molecule has 1 amide bonds. The van der Waals surface area contributed by atoms with Crippen molar-refractivity contribution in [2.75, 3.05) is 26.2 Å². The molecule has 2 aromatic heterocycles. The van der Waals surface area contributed by atoms with Crippen LogP contribution in [0.5, 0.6) is 0 Å². The summed E-state index contributed by atoms with van der Waals surface area (Å²) in [6.45, 7) is 2.86. The predicted molar refractivity (Wildman–Crippen MR) is 108 cm³/mol. The van der Waals surface area contributed by atoms with E-state index in [1.165, 1.54) is 22.6 Å². The van der Waals surface area contributed by atoms with Crippen LogP contribution in [0.25, 0.3) is 16.3 Å². The fourth-order valence-corrected chi connectivity index (χ4v) is 5.56. The second-order valence-corrected chi connectivity index (χ2v) is 9.36. The van der Waals surface area contributed by atoms with Crippen molar-refractivity contribution in [3.63, 3.8) is 0 Å². The first-order chi connectivity index (χ1) is 13.5. The third-order valence-electron chi connectivity index (χ3n) is 4.76. The van der Waals surface area contributed by atoms with E-state index in [2.05, 4.69) is 5.10 Å². The minimum absolute atomic E-state index is 0.0341. The number of amides is 1. The highest BCUT2D eigenvalue weighted by molar-refractivity contribution is 7.89. The second-order valence-electron chi connectivity index (χ2n) is 6.51. The molecular weight excluding hydrogens is 396 g/mol. The summed E-state index contributed by atoms with van der Waals surface area (Å²) in [7, 11) is -3.74. The fraction of sp³-hybridized carbons (Fsp3) is 0.263. The Balaban J connectivity index is 1.74. The van der Waals surface area contributed by atoms with Crippen molar-refractivity contribution in [2.45, 2.75) is 11.8 Å². The van der Waals surface area contributed by atoms with E-state index in [4.69, 9.17) is 0 Å². The Hall–Kier alpha value is -2.49. The van der Waals surface area contributed by atoms with Gasteiger partial charge in [-0.1, -0.05) is 24.3 Å². The van der Waals surface area contributed by atoms with Gasteiger partial charge in [0.2, 0.25) is 15.9 Å². The molecular formula is C19H20N4O3S2. The number of sulfonamides is 1. The number of nitrogens with zero attached hydrogens (tertiary/aromatic N) is 4. The zero-order chi connectivity index (χ0) is 19.7. The number of aromatic nitrogens is 2. The first-order valence-electron chi connectivity index (χ1n) is 8.91. The Kier molecular flexibility index (Phi) is 5.05. The number of hydrogen-bond acceptors (Lipinski definition) is 5. The van der Waals surface area contributed by atoms with E-state index in [-0.39, 0.29) is 23.9 Å². The fourth-order valence-electron chi connectivity index (χ4n) is 3.23. The Morgan fingerprint density at radius 3 is 2.36 bits per heavy atom. The van der Waals surface area contributed by atoms with Crippen LogP contribution in [0, 0.1) is 0 Å². The molecule has 4 rings (SSSR count). The van der Waals surface area contributed by atoms with Gasteiger partial charge < -0.3 is 4.90 Å². The molecule has 0 radical (unpaired) electrons. The summed E-state index contributed by atoms with van der Waals surface area (Å²) < 4.78 is 29.8. The third-order valence-corrected chi connectivity index (χ3v) is 7.53. The molecule has 146 valence electrons. The van der Waals surface area contributed by atoms with Crippen molar-refractivity contribution in [1.82, 2.24) is 19.0 Å². The number of carbonyl (C=O) groups is 1. The van der Waals surface area contributed by atoms with Crippen LogP contribution in [0.2, 0.25) is 0 Å². The predicted octanol–water partition coefficient (Wildman–Crippen LogP) is 2.45. The number of hydrogen-bond donors (Lipinski definition) is 0. The largest absolute Gasteiger partial charge is 0.340 e. The van der Waals surface area contributed by atoms with Crippen molar-refractivity contribution in [1.29, 1.82) is 0 Å². The lowest BCUT2D eigenvalue weighted by molar-refractivity contribution is -0.129. The molecule has 0 unspecified atom stereocenters. The molecule has 0 atom stereocenters. The van der Waals surface area contributed by atoms with E-state index in [1.54, 1.807) is 15.8 Å². The smallest absolute Gasteiger partial charge is 0.247 e. The summed E-state index contributed by atoms with van der Waals surface area (Å²) in [4.78, 5) is 14.2.